The monoisotopic (exact) mass is 387 g/mol. The topological polar surface area (TPSA) is 62.4 Å². The first-order valence-corrected chi connectivity index (χ1v) is 8.89. The second-order valence-corrected chi connectivity index (χ2v) is 6.70. The van der Waals surface area contributed by atoms with Gasteiger partial charge >= 0.3 is 5.97 Å². The molecule has 0 bridgehead atoms. The third-order valence-corrected chi connectivity index (χ3v) is 4.32. The Bertz CT molecular complexity index is 838. The van der Waals surface area contributed by atoms with E-state index in [0.29, 0.717) is 27.7 Å². The number of cyclic esters (lactones) is 1. The summed E-state index contributed by atoms with van der Waals surface area (Å²) in [6, 6.07) is 16.7. The maximum absolute atomic E-state index is 12.4. The minimum Gasteiger partial charge on any atom is -0.459 e. The molecule has 0 saturated heterocycles. The molecule has 0 spiro atoms. The number of thiocarbonyl (C=S) groups is 1. The molecule has 134 valence electrons. The summed E-state index contributed by atoms with van der Waals surface area (Å²) in [7, 11) is 0. The van der Waals surface area contributed by atoms with E-state index in [0.717, 1.165) is 11.4 Å². The van der Waals surface area contributed by atoms with Gasteiger partial charge in [0.05, 0.1) is 11.4 Å². The Hall–Kier alpha value is -2.57. The van der Waals surface area contributed by atoms with E-state index in [1.165, 1.54) is 0 Å². The zero-order valence-electron chi connectivity index (χ0n) is 14.1. The van der Waals surface area contributed by atoms with Crippen molar-refractivity contribution in [2.24, 2.45) is 0 Å². The summed E-state index contributed by atoms with van der Waals surface area (Å²) in [4.78, 5) is 12.7. The van der Waals surface area contributed by atoms with Crippen LogP contribution >= 0.6 is 23.8 Å². The van der Waals surface area contributed by atoms with Crippen LogP contribution in [0.3, 0.4) is 0 Å². The number of nitrogens with one attached hydrogen (secondary N) is 3. The number of para-hydroxylation sites is 1. The fourth-order valence-corrected chi connectivity index (χ4v) is 2.99. The van der Waals surface area contributed by atoms with Crippen LogP contribution < -0.4 is 16.2 Å². The maximum Gasteiger partial charge on any atom is 0.343 e. The van der Waals surface area contributed by atoms with Gasteiger partial charge in [0.2, 0.25) is 0 Å². The maximum atomic E-state index is 12.4. The molecule has 3 rings (SSSR count). The van der Waals surface area contributed by atoms with Crippen LogP contribution in [-0.2, 0) is 9.53 Å². The highest BCUT2D eigenvalue weighted by Gasteiger charge is 2.29. The zero-order chi connectivity index (χ0) is 18.5. The van der Waals surface area contributed by atoms with Gasteiger partial charge in [-0.25, -0.2) is 4.79 Å². The molecule has 2 aromatic rings. The highest BCUT2D eigenvalue weighted by molar-refractivity contribution is 7.81. The largest absolute Gasteiger partial charge is 0.459 e. The molecule has 1 aliphatic heterocycles. The average Bonchev–Trinajstić information content (AvgIpc) is 2.61. The first-order valence-electron chi connectivity index (χ1n) is 8.11. The number of rotatable bonds is 5. The predicted molar refractivity (Wildman–Crippen MR) is 108 cm³/mol. The van der Waals surface area contributed by atoms with Crippen molar-refractivity contribution < 1.29 is 9.53 Å². The van der Waals surface area contributed by atoms with Crippen molar-refractivity contribution in [2.75, 3.05) is 10.7 Å². The standard InChI is InChI=1S/C19H18ClN3O2S/c1-12-11-16(23-22-15-9-7-13(20)8-10-15)17(19(24)25-12)18(26)21-14-5-3-2-4-6-14/h2-10,12,22-23H,11H2,1H3,(H,21,26). The zero-order valence-corrected chi connectivity index (χ0v) is 15.7. The Balaban J connectivity index is 1.80. The number of carbonyl (C=O) groups excluding carboxylic acids is 1. The summed E-state index contributed by atoms with van der Waals surface area (Å²) < 4.78 is 5.35. The Kier molecular flexibility index (Phi) is 5.75. The molecule has 7 heteroatoms. The van der Waals surface area contributed by atoms with Gasteiger partial charge in [0.15, 0.2) is 0 Å². The lowest BCUT2D eigenvalue weighted by molar-refractivity contribution is -0.144. The number of benzene rings is 2. The van der Waals surface area contributed by atoms with E-state index < -0.39 is 5.97 Å². The van der Waals surface area contributed by atoms with Gasteiger partial charge < -0.3 is 20.9 Å². The van der Waals surface area contributed by atoms with Crippen molar-refractivity contribution in [1.29, 1.82) is 0 Å². The third kappa shape index (κ3) is 4.53. The molecular formula is C19H18ClN3O2S. The number of hydrogen-bond donors (Lipinski definition) is 3. The highest BCUT2D eigenvalue weighted by atomic mass is 35.5. The molecule has 26 heavy (non-hydrogen) atoms. The molecule has 2 aromatic carbocycles. The van der Waals surface area contributed by atoms with Crippen molar-refractivity contribution in [3.05, 3.63) is 70.9 Å². The minimum absolute atomic E-state index is 0.236. The fraction of sp³-hybridized carbons (Fsp3) is 0.158. The first-order chi connectivity index (χ1) is 12.5. The summed E-state index contributed by atoms with van der Waals surface area (Å²) in [5.74, 6) is -0.447. The Morgan fingerprint density at radius 3 is 2.46 bits per heavy atom. The molecule has 1 heterocycles. The van der Waals surface area contributed by atoms with E-state index in [-0.39, 0.29) is 6.10 Å². The molecule has 0 amide bonds. The highest BCUT2D eigenvalue weighted by Crippen LogP contribution is 2.23. The van der Waals surface area contributed by atoms with Crippen LogP contribution in [0, 0.1) is 0 Å². The number of hydrazine groups is 1. The molecule has 0 fully saturated rings. The summed E-state index contributed by atoms with van der Waals surface area (Å²) in [6.45, 7) is 1.84. The minimum atomic E-state index is -0.447. The molecule has 3 N–H and O–H groups in total. The lowest BCUT2D eigenvalue weighted by Crippen LogP contribution is -2.36. The summed E-state index contributed by atoms with van der Waals surface area (Å²) in [5, 5.41) is 3.73. The SMILES string of the molecule is CC1CC(NNc2ccc(Cl)cc2)=C(C(=S)Nc2ccccc2)C(=O)O1. The van der Waals surface area contributed by atoms with Gasteiger partial charge in [0.1, 0.15) is 16.7 Å². The van der Waals surface area contributed by atoms with E-state index in [2.05, 4.69) is 16.2 Å². The van der Waals surface area contributed by atoms with E-state index in [1.807, 2.05) is 49.4 Å². The predicted octanol–water partition coefficient (Wildman–Crippen LogP) is 4.29. The van der Waals surface area contributed by atoms with Crippen molar-refractivity contribution in [3.8, 4) is 0 Å². The van der Waals surface area contributed by atoms with Gasteiger partial charge in [0.25, 0.3) is 0 Å². The molecule has 0 aliphatic carbocycles. The number of ether oxygens (including phenoxy) is 1. The number of hydrogen-bond acceptors (Lipinski definition) is 5. The van der Waals surface area contributed by atoms with Crippen molar-refractivity contribution in [3.63, 3.8) is 0 Å². The van der Waals surface area contributed by atoms with Crippen LogP contribution in [0.25, 0.3) is 0 Å². The van der Waals surface area contributed by atoms with Crippen LogP contribution in [0.1, 0.15) is 13.3 Å². The quantitative estimate of drug-likeness (QED) is 0.404. The smallest absolute Gasteiger partial charge is 0.343 e. The molecule has 1 aliphatic rings. The van der Waals surface area contributed by atoms with Crippen LogP contribution in [0.2, 0.25) is 5.02 Å². The first kappa shape index (κ1) is 18.2. The molecule has 5 nitrogen and oxygen atoms in total. The Morgan fingerprint density at radius 2 is 1.77 bits per heavy atom. The average molecular weight is 388 g/mol. The number of esters is 1. The summed E-state index contributed by atoms with van der Waals surface area (Å²) in [5.41, 5.74) is 8.78. The van der Waals surface area contributed by atoms with Gasteiger partial charge in [-0.1, -0.05) is 42.0 Å². The van der Waals surface area contributed by atoms with Crippen molar-refractivity contribution >= 4 is 46.2 Å². The molecular weight excluding hydrogens is 370 g/mol. The van der Waals surface area contributed by atoms with Gasteiger partial charge in [-0.15, -0.1) is 0 Å². The van der Waals surface area contributed by atoms with Crippen molar-refractivity contribution in [1.82, 2.24) is 5.43 Å². The van der Waals surface area contributed by atoms with E-state index in [4.69, 9.17) is 28.6 Å². The summed E-state index contributed by atoms with van der Waals surface area (Å²) >= 11 is 11.3. The molecule has 0 radical (unpaired) electrons. The van der Waals surface area contributed by atoms with E-state index >= 15 is 0 Å². The van der Waals surface area contributed by atoms with Gasteiger partial charge in [-0.2, -0.15) is 0 Å². The van der Waals surface area contributed by atoms with Crippen LogP contribution in [0.5, 0.6) is 0 Å². The summed E-state index contributed by atoms with van der Waals surface area (Å²) in [6.07, 6.45) is 0.290. The van der Waals surface area contributed by atoms with Gasteiger partial charge in [0, 0.05) is 17.1 Å². The van der Waals surface area contributed by atoms with E-state index in [9.17, 15) is 4.79 Å². The van der Waals surface area contributed by atoms with Gasteiger partial charge in [-0.3, -0.25) is 0 Å². The lowest BCUT2D eigenvalue weighted by atomic mass is 10.1. The molecule has 1 unspecified atom stereocenters. The normalized spacial score (nSPS) is 16.7. The second-order valence-electron chi connectivity index (χ2n) is 5.85. The third-order valence-electron chi connectivity index (χ3n) is 3.77. The van der Waals surface area contributed by atoms with Crippen molar-refractivity contribution in [2.45, 2.75) is 19.4 Å². The van der Waals surface area contributed by atoms with Crippen LogP contribution in [0.15, 0.2) is 65.9 Å². The lowest BCUT2D eigenvalue weighted by Gasteiger charge is -2.26. The van der Waals surface area contributed by atoms with Crippen LogP contribution in [-0.4, -0.2) is 17.1 Å². The van der Waals surface area contributed by atoms with Gasteiger partial charge in [-0.05, 0) is 43.3 Å². The van der Waals surface area contributed by atoms with Crippen LogP contribution in [0.4, 0.5) is 11.4 Å². The Labute approximate surface area is 162 Å². The molecule has 0 aromatic heterocycles. The Morgan fingerprint density at radius 1 is 1.08 bits per heavy atom. The number of carbonyl (C=O) groups is 1. The second kappa shape index (κ2) is 8.21. The number of halogens is 1. The fourth-order valence-electron chi connectivity index (χ4n) is 2.54. The molecule has 1 atom stereocenters. The molecule has 0 saturated carbocycles. The number of anilines is 2. The van der Waals surface area contributed by atoms with E-state index in [1.54, 1.807) is 12.1 Å².